The fourth-order valence-corrected chi connectivity index (χ4v) is 10.0. The molecule has 0 bridgehead atoms. The first kappa shape index (κ1) is 30.8. The minimum absolute atomic E-state index is 0.880. The highest BCUT2D eigenvalue weighted by molar-refractivity contribution is 7.93. The maximum absolute atomic E-state index is 5.39. The van der Waals surface area contributed by atoms with Gasteiger partial charge in [0.15, 0.2) is 0 Å². The van der Waals surface area contributed by atoms with E-state index in [0.717, 1.165) is 61.4 Å². The summed E-state index contributed by atoms with van der Waals surface area (Å²) in [7, 11) is 0. The fourth-order valence-electron chi connectivity index (χ4n) is 7.12. The Kier molecular flexibility index (Phi) is 7.76. The Morgan fingerprint density at radius 3 is 1.49 bits per heavy atom. The highest BCUT2D eigenvalue weighted by atomic mass is 31.2. The summed E-state index contributed by atoms with van der Waals surface area (Å²) in [6.45, 7) is -2.05. The number of hydrogen-bond donors (Lipinski definition) is 0. The Labute approximate surface area is 298 Å². The highest BCUT2D eigenvalue weighted by Crippen LogP contribution is 2.42. The molecule has 3 nitrogen and oxygen atoms in total. The minimum atomic E-state index is -2.05. The first-order valence-electron chi connectivity index (χ1n) is 17.2. The summed E-state index contributed by atoms with van der Waals surface area (Å²) in [6, 6.07) is 68.4. The molecule has 0 saturated carbocycles. The van der Waals surface area contributed by atoms with Gasteiger partial charge in [-0.05, 0) is 52.1 Å². The molecule has 0 fully saturated rings. The molecule has 0 radical (unpaired) electrons. The number of aromatic nitrogens is 3. The molecule has 9 rings (SSSR count). The van der Waals surface area contributed by atoms with Crippen LogP contribution in [0, 0.1) is 0 Å². The molecular formula is C47H34N3P. The molecule has 0 aliphatic rings. The maximum atomic E-state index is 5.39. The number of hydrogen-bond acceptors (Lipinski definition) is 2. The lowest BCUT2D eigenvalue weighted by molar-refractivity contribution is 1.10. The Morgan fingerprint density at radius 2 is 0.882 bits per heavy atom. The lowest BCUT2D eigenvalue weighted by Crippen LogP contribution is -2.25. The van der Waals surface area contributed by atoms with Crippen LogP contribution in [0.4, 0.5) is 0 Å². The Bertz CT molecular complexity index is 2620. The summed E-state index contributed by atoms with van der Waals surface area (Å²) in [4.78, 5) is 10.6. The smallest absolute Gasteiger partial charge is 0.145 e. The molecule has 7 aromatic carbocycles. The molecule has 0 N–H and O–H groups in total. The molecule has 0 saturated heterocycles. The summed E-state index contributed by atoms with van der Waals surface area (Å²) in [5.41, 5.74) is 9.24. The SMILES string of the molecule is C=P(c1ccccc1)(c1ccccc1)c1ccc(-c2ccc(-c3nc4c5ccccc5nc(-c5ccccc5)c4n3-c3ccccc3)cc2)cc1. The van der Waals surface area contributed by atoms with Gasteiger partial charge in [-0.3, -0.25) is 4.57 Å². The van der Waals surface area contributed by atoms with Crippen molar-refractivity contribution in [3.05, 3.63) is 194 Å². The average Bonchev–Trinajstić information content (AvgIpc) is 3.63. The van der Waals surface area contributed by atoms with Gasteiger partial charge in [0.2, 0.25) is 0 Å². The van der Waals surface area contributed by atoms with E-state index in [1.54, 1.807) is 0 Å². The van der Waals surface area contributed by atoms with Crippen LogP contribution in [-0.2, 0) is 0 Å². The Balaban J connectivity index is 1.16. The van der Waals surface area contributed by atoms with E-state index < -0.39 is 6.89 Å². The monoisotopic (exact) mass is 671 g/mol. The molecule has 0 atom stereocenters. The average molecular weight is 672 g/mol. The summed E-state index contributed by atoms with van der Waals surface area (Å²) in [5, 5.41) is 4.84. The number of pyridine rings is 1. The Morgan fingerprint density at radius 1 is 0.412 bits per heavy atom. The molecule has 51 heavy (non-hydrogen) atoms. The van der Waals surface area contributed by atoms with Gasteiger partial charge >= 0.3 is 0 Å². The molecule has 0 spiro atoms. The molecular weight excluding hydrogens is 638 g/mol. The molecule has 242 valence electrons. The largest absolute Gasteiger partial charge is 0.290 e. The number of imidazole rings is 1. The molecule has 9 aromatic rings. The second-order valence-corrected chi connectivity index (χ2v) is 15.9. The van der Waals surface area contributed by atoms with Gasteiger partial charge in [0.05, 0.1) is 11.2 Å². The normalized spacial score (nSPS) is 11.6. The zero-order valence-electron chi connectivity index (χ0n) is 28.0. The van der Waals surface area contributed by atoms with Crippen molar-refractivity contribution in [1.29, 1.82) is 0 Å². The summed E-state index contributed by atoms with van der Waals surface area (Å²) in [5.74, 6) is 0.880. The van der Waals surface area contributed by atoms with E-state index >= 15 is 0 Å². The molecule has 0 unspecified atom stereocenters. The van der Waals surface area contributed by atoms with Crippen molar-refractivity contribution in [2.24, 2.45) is 0 Å². The van der Waals surface area contributed by atoms with Crippen molar-refractivity contribution in [3.8, 4) is 39.5 Å². The predicted octanol–water partition coefficient (Wildman–Crippen LogP) is 10.3. The number of fused-ring (bicyclic) bond motifs is 3. The maximum Gasteiger partial charge on any atom is 0.145 e. The summed E-state index contributed by atoms with van der Waals surface area (Å²) in [6.07, 6.45) is 4.92. The number of para-hydroxylation sites is 2. The summed E-state index contributed by atoms with van der Waals surface area (Å²) < 4.78 is 2.27. The first-order valence-corrected chi connectivity index (χ1v) is 19.1. The standard InChI is InChI=1S/C47H34N3P/c1-51(39-20-10-4-11-21-39,40-22-12-5-13-23-40)41-32-30-35(31-33-41)34-26-28-37(29-27-34)47-49-45-42-24-14-15-25-43(42)48-44(36-16-6-2-7-17-36)46(45)50(47)38-18-8-3-9-19-38/h2-33H,1H2. The third kappa shape index (κ3) is 5.40. The van der Waals surface area contributed by atoms with E-state index in [0.29, 0.717) is 0 Å². The highest BCUT2D eigenvalue weighted by Gasteiger charge is 2.23. The topological polar surface area (TPSA) is 30.7 Å². The third-order valence-corrected chi connectivity index (χ3v) is 13.3. The van der Waals surface area contributed by atoms with Gasteiger partial charge in [0, 0.05) is 22.2 Å². The van der Waals surface area contributed by atoms with Gasteiger partial charge in [-0.2, -0.15) is 0 Å². The zero-order valence-corrected chi connectivity index (χ0v) is 28.9. The number of nitrogens with zero attached hydrogens (tertiary/aromatic N) is 3. The molecule has 2 heterocycles. The van der Waals surface area contributed by atoms with E-state index in [1.165, 1.54) is 15.9 Å². The minimum Gasteiger partial charge on any atom is -0.290 e. The predicted molar refractivity (Wildman–Crippen MR) is 219 cm³/mol. The van der Waals surface area contributed by atoms with Crippen LogP contribution in [0.25, 0.3) is 61.4 Å². The quantitative estimate of drug-likeness (QED) is 0.158. The number of benzene rings is 7. The van der Waals surface area contributed by atoms with Crippen molar-refractivity contribution in [1.82, 2.24) is 14.5 Å². The molecule has 2 aromatic heterocycles. The van der Waals surface area contributed by atoms with E-state index in [2.05, 4.69) is 187 Å². The van der Waals surface area contributed by atoms with Crippen LogP contribution >= 0.6 is 6.89 Å². The van der Waals surface area contributed by atoms with Crippen LogP contribution in [0.2, 0.25) is 0 Å². The second kappa shape index (κ2) is 12.9. The first-order chi connectivity index (χ1) is 25.2. The van der Waals surface area contributed by atoms with Crippen LogP contribution in [0.3, 0.4) is 0 Å². The van der Waals surface area contributed by atoms with Gasteiger partial charge in [-0.1, -0.05) is 182 Å². The third-order valence-electron chi connectivity index (χ3n) is 9.73. The molecule has 4 heteroatoms. The summed E-state index contributed by atoms with van der Waals surface area (Å²) >= 11 is 0. The van der Waals surface area contributed by atoms with Gasteiger partial charge < -0.3 is 0 Å². The van der Waals surface area contributed by atoms with E-state index in [9.17, 15) is 0 Å². The number of rotatable bonds is 7. The lowest BCUT2D eigenvalue weighted by Gasteiger charge is -2.26. The van der Waals surface area contributed by atoms with Gasteiger partial charge in [-0.25, -0.2) is 9.97 Å². The van der Waals surface area contributed by atoms with Crippen LogP contribution in [0.15, 0.2) is 194 Å². The fraction of sp³-hybridized carbons (Fsp3) is 0. The Hall–Kier alpha value is -6.28. The van der Waals surface area contributed by atoms with Crippen molar-refractivity contribution >= 4 is 51.0 Å². The van der Waals surface area contributed by atoms with Crippen molar-refractivity contribution in [3.63, 3.8) is 0 Å². The van der Waals surface area contributed by atoms with Gasteiger partial charge in [0.1, 0.15) is 16.9 Å². The van der Waals surface area contributed by atoms with Gasteiger partial charge in [0.25, 0.3) is 0 Å². The van der Waals surface area contributed by atoms with Crippen LogP contribution in [0.1, 0.15) is 0 Å². The van der Waals surface area contributed by atoms with Crippen LogP contribution < -0.4 is 15.9 Å². The van der Waals surface area contributed by atoms with Crippen molar-refractivity contribution < 1.29 is 0 Å². The zero-order chi connectivity index (χ0) is 34.2. The van der Waals surface area contributed by atoms with Crippen molar-refractivity contribution in [2.75, 3.05) is 0 Å². The van der Waals surface area contributed by atoms with Crippen LogP contribution in [-0.4, -0.2) is 20.8 Å². The molecule has 0 aliphatic carbocycles. The van der Waals surface area contributed by atoms with E-state index in [4.69, 9.17) is 16.3 Å². The van der Waals surface area contributed by atoms with Crippen LogP contribution in [0.5, 0.6) is 0 Å². The van der Waals surface area contributed by atoms with E-state index in [-0.39, 0.29) is 0 Å². The van der Waals surface area contributed by atoms with Gasteiger partial charge in [-0.15, -0.1) is 0 Å². The van der Waals surface area contributed by atoms with E-state index in [1.807, 2.05) is 12.1 Å². The lowest BCUT2D eigenvalue weighted by atomic mass is 10.0. The van der Waals surface area contributed by atoms with Crippen molar-refractivity contribution in [2.45, 2.75) is 0 Å². The second-order valence-electron chi connectivity index (χ2n) is 12.8. The molecule has 0 aliphatic heterocycles. The molecule has 0 amide bonds.